The molecule has 3 atom stereocenters. The summed E-state index contributed by atoms with van der Waals surface area (Å²) in [4.78, 5) is 17.4. The van der Waals surface area contributed by atoms with Crippen molar-refractivity contribution in [2.45, 2.75) is 17.9 Å². The van der Waals surface area contributed by atoms with Crippen molar-refractivity contribution >= 4 is 22.6 Å². The third kappa shape index (κ3) is 4.03. The first-order valence-corrected chi connectivity index (χ1v) is 14.7. The van der Waals surface area contributed by atoms with Crippen molar-refractivity contribution in [2.75, 3.05) is 11.9 Å². The van der Waals surface area contributed by atoms with Crippen LogP contribution in [-0.4, -0.2) is 18.4 Å². The molecule has 2 nitrogen and oxygen atoms in total. The van der Waals surface area contributed by atoms with E-state index in [9.17, 15) is 4.39 Å². The lowest BCUT2D eigenvalue weighted by molar-refractivity contribution is 0.0892. The number of halogens is 1. The minimum atomic E-state index is -0.882. The Bertz CT molecular complexity index is 1860. The van der Waals surface area contributed by atoms with E-state index in [1.54, 1.807) is 0 Å². The van der Waals surface area contributed by atoms with Crippen LogP contribution < -0.4 is 4.90 Å². The summed E-state index contributed by atoms with van der Waals surface area (Å²) in [5.41, 5.74) is 6.25. The Morgan fingerprint density at radius 2 is 1.26 bits per heavy atom. The van der Waals surface area contributed by atoms with Gasteiger partial charge in [-0.1, -0.05) is 121 Å². The molecule has 1 aliphatic carbocycles. The summed E-state index contributed by atoms with van der Waals surface area (Å²) < 4.78 is 14.4. The smallest absolute Gasteiger partial charge is 0.173 e. The van der Waals surface area contributed by atoms with Crippen molar-refractivity contribution in [1.82, 2.24) is 0 Å². The van der Waals surface area contributed by atoms with Crippen molar-refractivity contribution < 1.29 is 9.18 Å². The molecule has 5 aromatic carbocycles. The molecule has 0 radical (unpaired) electrons. The van der Waals surface area contributed by atoms with Gasteiger partial charge in [0.1, 0.15) is 5.82 Å². The maximum absolute atomic E-state index is 15.1. The standard InChI is InChI=1S/C40H32FNO/c1-39(32-22-24-33(41)25-23-32)35-20-12-13-21-36(35)42(2)40(39)27-31(28-14-6-3-7-15-28)26-34(29-16-8-4-9-17-29)37(40)38(43)30-18-10-5-11-19-30/h3-27,37H,1-2H3/t37-,39+,40-/m1/s1. The van der Waals surface area contributed by atoms with Crippen molar-refractivity contribution in [2.24, 2.45) is 5.92 Å². The van der Waals surface area contributed by atoms with Gasteiger partial charge in [0.2, 0.25) is 0 Å². The predicted molar refractivity (Wildman–Crippen MR) is 174 cm³/mol. The monoisotopic (exact) mass is 561 g/mol. The normalized spacial score (nSPS) is 22.6. The molecule has 43 heavy (non-hydrogen) atoms. The maximum atomic E-state index is 15.1. The molecule has 0 saturated heterocycles. The number of benzene rings is 5. The summed E-state index contributed by atoms with van der Waals surface area (Å²) >= 11 is 0. The van der Waals surface area contributed by atoms with Crippen LogP contribution in [0.2, 0.25) is 0 Å². The second kappa shape index (κ2) is 10.4. The number of likely N-dealkylation sites (N-methyl/N-ethyl adjacent to an activating group) is 1. The van der Waals surface area contributed by atoms with Crippen LogP contribution in [0.1, 0.15) is 39.5 Å². The van der Waals surface area contributed by atoms with Gasteiger partial charge in [0.15, 0.2) is 5.78 Å². The number of para-hydroxylation sites is 1. The van der Waals surface area contributed by atoms with Crippen LogP contribution in [0.3, 0.4) is 0 Å². The number of rotatable bonds is 5. The van der Waals surface area contributed by atoms with Gasteiger partial charge < -0.3 is 4.90 Å². The fourth-order valence-electron chi connectivity index (χ4n) is 7.47. The molecular formula is C40H32FNO. The van der Waals surface area contributed by atoms with Gasteiger partial charge in [0, 0.05) is 23.7 Å². The van der Waals surface area contributed by atoms with Crippen LogP contribution in [0.25, 0.3) is 11.1 Å². The molecule has 5 aromatic rings. The highest BCUT2D eigenvalue weighted by molar-refractivity contribution is 6.10. The SMILES string of the molecule is CN1c2ccccc2[C@](C)(c2ccc(F)cc2)[C@]12C=C(c1ccccc1)C=C(c1ccccc1)[C@@H]2C(=O)c1ccccc1. The van der Waals surface area contributed by atoms with Gasteiger partial charge in [-0.3, -0.25) is 4.79 Å². The Morgan fingerprint density at radius 1 is 0.698 bits per heavy atom. The zero-order valence-electron chi connectivity index (χ0n) is 24.2. The van der Waals surface area contributed by atoms with E-state index >= 15 is 4.79 Å². The molecule has 0 saturated carbocycles. The molecule has 0 aromatic heterocycles. The van der Waals surface area contributed by atoms with Gasteiger partial charge >= 0.3 is 0 Å². The lowest BCUT2D eigenvalue weighted by atomic mass is 9.54. The zero-order valence-corrected chi connectivity index (χ0v) is 24.2. The number of allylic oxidation sites excluding steroid dienone is 2. The molecule has 0 N–H and O–H groups in total. The third-order valence-electron chi connectivity index (χ3n) is 9.55. The number of Topliss-reactive ketones (excluding diaryl/α,β-unsaturated/α-hetero) is 1. The van der Waals surface area contributed by atoms with Gasteiger partial charge in [-0.15, -0.1) is 0 Å². The molecule has 3 heteroatoms. The van der Waals surface area contributed by atoms with E-state index in [-0.39, 0.29) is 11.6 Å². The van der Waals surface area contributed by atoms with Gasteiger partial charge in [-0.2, -0.15) is 0 Å². The molecule has 0 unspecified atom stereocenters. The summed E-state index contributed by atoms with van der Waals surface area (Å²) in [6, 6.07) is 45.4. The molecule has 0 amide bonds. The summed E-state index contributed by atoms with van der Waals surface area (Å²) in [7, 11) is 2.10. The van der Waals surface area contributed by atoms with Crippen molar-refractivity contribution in [3.05, 3.63) is 185 Å². The Labute approximate surface area is 252 Å². The van der Waals surface area contributed by atoms with Crippen molar-refractivity contribution in [3.63, 3.8) is 0 Å². The third-order valence-corrected chi connectivity index (χ3v) is 9.55. The van der Waals surface area contributed by atoms with Crippen LogP contribution in [-0.2, 0) is 5.41 Å². The van der Waals surface area contributed by atoms with Gasteiger partial charge in [-0.05, 0) is 70.7 Å². The van der Waals surface area contributed by atoms with Crippen LogP contribution in [0.15, 0.2) is 152 Å². The average molecular weight is 562 g/mol. The summed E-state index contributed by atoms with van der Waals surface area (Å²) in [5, 5.41) is 0. The molecule has 1 heterocycles. The molecule has 7 rings (SSSR count). The first kappa shape index (κ1) is 26.9. The lowest BCUT2D eigenvalue weighted by Gasteiger charge is -2.53. The van der Waals surface area contributed by atoms with Crippen LogP contribution >= 0.6 is 0 Å². The highest BCUT2D eigenvalue weighted by Gasteiger charge is 2.64. The van der Waals surface area contributed by atoms with Crippen LogP contribution in [0.4, 0.5) is 10.1 Å². The van der Waals surface area contributed by atoms with E-state index in [4.69, 9.17) is 0 Å². The van der Waals surface area contributed by atoms with Gasteiger partial charge in [0.25, 0.3) is 0 Å². The van der Waals surface area contributed by atoms with Crippen LogP contribution in [0.5, 0.6) is 0 Å². The first-order valence-electron chi connectivity index (χ1n) is 14.7. The highest BCUT2D eigenvalue weighted by atomic mass is 19.1. The highest BCUT2D eigenvalue weighted by Crippen LogP contribution is 2.62. The second-order valence-electron chi connectivity index (χ2n) is 11.6. The quantitative estimate of drug-likeness (QED) is 0.200. The molecule has 0 fully saturated rings. The van der Waals surface area contributed by atoms with E-state index in [0.29, 0.717) is 5.56 Å². The van der Waals surface area contributed by atoms with E-state index in [0.717, 1.165) is 39.1 Å². The predicted octanol–water partition coefficient (Wildman–Crippen LogP) is 9.00. The van der Waals surface area contributed by atoms with E-state index in [1.807, 2.05) is 84.9 Å². The molecule has 0 bridgehead atoms. The lowest BCUT2D eigenvalue weighted by Crippen LogP contribution is -2.62. The molecule has 1 aliphatic heterocycles. The Kier molecular flexibility index (Phi) is 6.47. The Morgan fingerprint density at radius 3 is 1.91 bits per heavy atom. The molecule has 2 aliphatic rings. The average Bonchev–Trinajstić information content (AvgIpc) is 3.25. The summed E-state index contributed by atoms with van der Waals surface area (Å²) in [6.07, 6.45) is 4.51. The fourth-order valence-corrected chi connectivity index (χ4v) is 7.47. The van der Waals surface area contributed by atoms with Gasteiger partial charge in [-0.25, -0.2) is 4.39 Å². The number of anilines is 1. The van der Waals surface area contributed by atoms with Gasteiger partial charge in [0.05, 0.1) is 11.5 Å². The van der Waals surface area contributed by atoms with E-state index < -0.39 is 16.9 Å². The van der Waals surface area contributed by atoms with Crippen molar-refractivity contribution in [3.8, 4) is 0 Å². The van der Waals surface area contributed by atoms with Crippen molar-refractivity contribution in [1.29, 1.82) is 0 Å². The largest absolute Gasteiger partial charge is 0.363 e. The Balaban J connectivity index is 1.62. The molecule has 210 valence electrons. The van der Waals surface area contributed by atoms with E-state index in [1.165, 1.54) is 12.1 Å². The minimum Gasteiger partial charge on any atom is -0.363 e. The first-order chi connectivity index (χ1) is 20.9. The minimum absolute atomic E-state index is 0.0482. The number of nitrogens with zero attached hydrogens (tertiary/aromatic N) is 1. The van der Waals surface area contributed by atoms with Crippen LogP contribution in [0, 0.1) is 11.7 Å². The fraction of sp³-hybridized carbons (Fsp3) is 0.125. The second-order valence-corrected chi connectivity index (χ2v) is 11.6. The zero-order chi connectivity index (χ0) is 29.6. The number of ketones is 1. The Hall–Kier alpha value is -5.02. The topological polar surface area (TPSA) is 20.3 Å². The number of hydrogen-bond donors (Lipinski definition) is 0. The number of hydrogen-bond acceptors (Lipinski definition) is 2. The van der Waals surface area contributed by atoms with E-state index in [2.05, 4.69) is 73.5 Å². The maximum Gasteiger partial charge on any atom is 0.173 e. The number of fused-ring (bicyclic) bond motifs is 1. The molecule has 1 spiro atoms. The summed E-state index contributed by atoms with van der Waals surface area (Å²) in [5.74, 6) is -0.823. The number of carbonyl (C=O) groups excluding carboxylic acids is 1. The summed E-state index contributed by atoms with van der Waals surface area (Å²) in [6.45, 7) is 2.22. The molecular weight excluding hydrogens is 529 g/mol. The number of carbonyl (C=O) groups is 1.